The molecule has 156 valence electrons. The first-order valence-corrected chi connectivity index (χ1v) is 9.18. The van der Waals surface area contributed by atoms with Gasteiger partial charge in [0, 0.05) is 5.56 Å². The van der Waals surface area contributed by atoms with Crippen LogP contribution in [-0.2, 0) is 6.61 Å². The van der Waals surface area contributed by atoms with Gasteiger partial charge in [-0.2, -0.15) is 0 Å². The molecule has 3 aromatic rings. The van der Waals surface area contributed by atoms with Gasteiger partial charge in [-0.3, -0.25) is 20.4 Å². The van der Waals surface area contributed by atoms with Crippen molar-refractivity contribution in [1.29, 1.82) is 0 Å². The fraction of sp³-hybridized carbons (Fsp3) is 0.143. The Morgan fingerprint density at radius 1 is 0.967 bits per heavy atom. The van der Waals surface area contributed by atoms with Gasteiger partial charge in [-0.25, -0.2) is 0 Å². The molecule has 2 amide bonds. The Labute approximate surface area is 177 Å². The summed E-state index contributed by atoms with van der Waals surface area (Å²) in [4.78, 5) is 24.6. The summed E-state index contributed by atoms with van der Waals surface area (Å²) in [6, 6.07) is 15.2. The minimum atomic E-state index is -0.624. The molecule has 0 radical (unpaired) electrons. The molecule has 0 aliphatic heterocycles. The molecule has 0 aliphatic carbocycles. The fourth-order valence-electron chi connectivity index (χ4n) is 2.55. The quantitative estimate of drug-likeness (QED) is 0.555. The number of hydrogen-bond donors (Lipinski definition) is 2. The molecule has 1 heterocycles. The van der Waals surface area contributed by atoms with E-state index in [-0.39, 0.29) is 28.7 Å². The van der Waals surface area contributed by atoms with E-state index in [1.165, 1.54) is 32.4 Å². The molecule has 2 N–H and O–H groups in total. The van der Waals surface area contributed by atoms with Crippen LogP contribution in [0.2, 0.25) is 5.02 Å². The number of rotatable bonds is 7. The number of benzene rings is 2. The van der Waals surface area contributed by atoms with Crippen molar-refractivity contribution in [2.24, 2.45) is 0 Å². The van der Waals surface area contributed by atoms with Crippen LogP contribution in [0.5, 0.6) is 17.2 Å². The maximum absolute atomic E-state index is 12.3. The Kier molecular flexibility index (Phi) is 6.82. The molecule has 0 saturated heterocycles. The van der Waals surface area contributed by atoms with Crippen LogP contribution in [0, 0.1) is 0 Å². The van der Waals surface area contributed by atoms with Gasteiger partial charge in [0.1, 0.15) is 18.1 Å². The molecule has 0 atom stereocenters. The van der Waals surface area contributed by atoms with E-state index in [1.807, 2.05) is 30.3 Å². The first-order valence-electron chi connectivity index (χ1n) is 8.80. The second kappa shape index (κ2) is 9.71. The molecule has 1 aromatic heterocycles. The predicted octanol–water partition coefficient (Wildman–Crippen LogP) is 3.60. The minimum Gasteiger partial charge on any atom is -0.493 e. The second-order valence-electron chi connectivity index (χ2n) is 5.97. The van der Waals surface area contributed by atoms with Crippen LogP contribution >= 0.6 is 11.6 Å². The summed E-state index contributed by atoms with van der Waals surface area (Å²) >= 11 is 6.09. The van der Waals surface area contributed by atoms with Gasteiger partial charge in [0.2, 0.25) is 0 Å². The van der Waals surface area contributed by atoms with Gasteiger partial charge in [0.15, 0.2) is 17.3 Å². The smallest absolute Gasteiger partial charge is 0.305 e. The predicted molar refractivity (Wildman–Crippen MR) is 109 cm³/mol. The molecule has 0 aliphatic rings. The van der Waals surface area contributed by atoms with E-state index in [9.17, 15) is 9.59 Å². The van der Waals surface area contributed by atoms with Crippen LogP contribution in [-0.4, -0.2) is 26.0 Å². The molecule has 9 heteroatoms. The molecule has 0 fully saturated rings. The number of halogens is 1. The minimum absolute atomic E-state index is 0.0207. The summed E-state index contributed by atoms with van der Waals surface area (Å²) in [6.07, 6.45) is 0. The first-order chi connectivity index (χ1) is 14.5. The second-order valence-corrected chi connectivity index (χ2v) is 6.38. The third-order valence-corrected chi connectivity index (χ3v) is 4.28. The molecule has 3 rings (SSSR count). The van der Waals surface area contributed by atoms with Gasteiger partial charge in [-0.1, -0.05) is 29.8 Å². The number of furan rings is 1. The highest BCUT2D eigenvalue weighted by Gasteiger charge is 2.17. The van der Waals surface area contributed by atoms with Crippen molar-refractivity contribution in [2.45, 2.75) is 6.61 Å². The highest BCUT2D eigenvalue weighted by Crippen LogP contribution is 2.35. The van der Waals surface area contributed by atoms with Crippen molar-refractivity contribution in [3.63, 3.8) is 0 Å². The zero-order valence-corrected chi connectivity index (χ0v) is 17.0. The summed E-state index contributed by atoms with van der Waals surface area (Å²) in [5.74, 6) is 0.539. The highest BCUT2D eigenvalue weighted by atomic mass is 35.5. The molecule has 0 bridgehead atoms. The monoisotopic (exact) mass is 430 g/mol. The molecule has 0 unspecified atom stereocenters. The van der Waals surface area contributed by atoms with Crippen LogP contribution in [0.4, 0.5) is 0 Å². The molecular formula is C21H19ClN2O6. The molecule has 0 saturated carbocycles. The molecule has 8 nitrogen and oxygen atoms in total. The lowest BCUT2D eigenvalue weighted by Crippen LogP contribution is -2.41. The van der Waals surface area contributed by atoms with Gasteiger partial charge in [-0.05, 0) is 36.4 Å². The summed E-state index contributed by atoms with van der Waals surface area (Å²) in [5, 5.41) is 0.197. The van der Waals surface area contributed by atoms with Gasteiger partial charge in [-0.15, -0.1) is 0 Å². The maximum atomic E-state index is 12.3. The van der Waals surface area contributed by atoms with Crippen molar-refractivity contribution >= 4 is 23.4 Å². The van der Waals surface area contributed by atoms with Crippen molar-refractivity contribution in [1.82, 2.24) is 10.9 Å². The van der Waals surface area contributed by atoms with Crippen molar-refractivity contribution in [3.05, 3.63) is 76.7 Å². The number of nitrogens with one attached hydrogen (secondary N) is 2. The number of hydrazine groups is 1. The number of hydrogen-bond acceptors (Lipinski definition) is 6. The molecule has 0 spiro atoms. The van der Waals surface area contributed by atoms with Crippen molar-refractivity contribution in [2.75, 3.05) is 14.2 Å². The standard InChI is InChI=1S/C21H19ClN2O6/c1-27-18-11-13(10-16(22)19(18)28-2)20(25)23-24-21(26)17-9-8-15(30-17)12-29-14-6-4-3-5-7-14/h3-11H,12H2,1-2H3,(H,23,25)(H,24,26). The lowest BCUT2D eigenvalue weighted by molar-refractivity contribution is 0.0828. The van der Waals surface area contributed by atoms with Crippen LogP contribution < -0.4 is 25.1 Å². The van der Waals surface area contributed by atoms with E-state index >= 15 is 0 Å². The average Bonchev–Trinajstić information content (AvgIpc) is 3.25. The van der Waals surface area contributed by atoms with E-state index in [0.29, 0.717) is 17.3 Å². The average molecular weight is 431 g/mol. The molecule has 30 heavy (non-hydrogen) atoms. The third-order valence-electron chi connectivity index (χ3n) is 4.00. The van der Waals surface area contributed by atoms with Crippen LogP contribution in [0.3, 0.4) is 0 Å². The van der Waals surface area contributed by atoms with Gasteiger partial charge in [0.05, 0.1) is 19.2 Å². The Balaban J connectivity index is 1.57. The van der Waals surface area contributed by atoms with E-state index < -0.39 is 11.8 Å². The van der Waals surface area contributed by atoms with Crippen molar-refractivity contribution in [3.8, 4) is 17.2 Å². The SMILES string of the molecule is COc1cc(C(=O)NNC(=O)c2ccc(COc3ccccc3)o2)cc(Cl)c1OC. The number of para-hydroxylation sites is 1. The highest BCUT2D eigenvalue weighted by molar-refractivity contribution is 6.32. The first kappa shape index (κ1) is 21.1. The summed E-state index contributed by atoms with van der Waals surface area (Å²) in [5.41, 5.74) is 4.75. The number of carbonyl (C=O) groups excluding carboxylic acids is 2. The van der Waals surface area contributed by atoms with Crippen LogP contribution in [0.25, 0.3) is 0 Å². The third kappa shape index (κ3) is 5.03. The topological polar surface area (TPSA) is 99.0 Å². The number of methoxy groups -OCH3 is 2. The van der Waals surface area contributed by atoms with Gasteiger partial charge in [0.25, 0.3) is 5.91 Å². The number of amides is 2. The molecule has 2 aromatic carbocycles. The van der Waals surface area contributed by atoms with Crippen molar-refractivity contribution < 1.29 is 28.2 Å². The van der Waals surface area contributed by atoms with E-state index in [1.54, 1.807) is 6.07 Å². The Bertz CT molecular complexity index is 1040. The fourth-order valence-corrected chi connectivity index (χ4v) is 2.83. The number of ether oxygens (including phenoxy) is 3. The lowest BCUT2D eigenvalue weighted by atomic mass is 10.2. The summed E-state index contributed by atoms with van der Waals surface area (Å²) in [7, 11) is 2.86. The Morgan fingerprint density at radius 3 is 2.40 bits per heavy atom. The van der Waals surface area contributed by atoms with Gasteiger partial charge >= 0.3 is 5.91 Å². The zero-order chi connectivity index (χ0) is 21.5. The maximum Gasteiger partial charge on any atom is 0.305 e. The summed E-state index contributed by atoms with van der Waals surface area (Å²) < 4.78 is 21.3. The molecular weight excluding hydrogens is 412 g/mol. The van der Waals surface area contributed by atoms with E-state index in [2.05, 4.69) is 10.9 Å². The Morgan fingerprint density at radius 2 is 1.70 bits per heavy atom. The lowest BCUT2D eigenvalue weighted by Gasteiger charge is -2.12. The van der Waals surface area contributed by atoms with E-state index in [0.717, 1.165) is 0 Å². The zero-order valence-electron chi connectivity index (χ0n) is 16.2. The summed E-state index contributed by atoms with van der Waals surface area (Å²) in [6.45, 7) is 0.161. The van der Waals surface area contributed by atoms with Crippen LogP contribution in [0.1, 0.15) is 26.7 Å². The Hall–Kier alpha value is -3.65. The number of carbonyl (C=O) groups is 2. The normalized spacial score (nSPS) is 10.2. The largest absolute Gasteiger partial charge is 0.493 e. The van der Waals surface area contributed by atoms with Gasteiger partial charge < -0.3 is 18.6 Å². The van der Waals surface area contributed by atoms with Crippen LogP contribution in [0.15, 0.2) is 59.0 Å². The van der Waals surface area contributed by atoms with E-state index in [4.69, 9.17) is 30.2 Å².